The van der Waals surface area contributed by atoms with Gasteiger partial charge >= 0.3 is 220 Å². The average Bonchev–Trinajstić information content (AvgIpc) is 2.85. The predicted molar refractivity (Wildman–Crippen MR) is 133 cm³/mol. The summed E-state index contributed by atoms with van der Waals surface area (Å²) in [4.78, 5) is 3.13. The second-order valence-corrected chi connectivity index (χ2v) is 14.4. The first-order valence-electron chi connectivity index (χ1n) is 9.79. The second-order valence-electron chi connectivity index (χ2n) is 7.11. The van der Waals surface area contributed by atoms with Gasteiger partial charge in [-0.2, -0.15) is 0 Å². The summed E-state index contributed by atoms with van der Waals surface area (Å²) in [6, 6.07) is 27.2. The summed E-state index contributed by atoms with van der Waals surface area (Å²) in [5, 5.41) is 0. The molecule has 8 heteroatoms. The van der Waals surface area contributed by atoms with Crippen LogP contribution < -0.4 is 21.2 Å². The van der Waals surface area contributed by atoms with Gasteiger partial charge in [0.1, 0.15) is 0 Å². The van der Waals surface area contributed by atoms with Crippen LogP contribution in [0.4, 0.5) is 0 Å². The number of halogens is 2. The molecule has 0 heterocycles. The van der Waals surface area contributed by atoms with E-state index in [1.54, 1.807) is 91.0 Å². The summed E-state index contributed by atoms with van der Waals surface area (Å²) in [6.45, 7) is 0. The number of sulfone groups is 2. The normalized spacial score (nSPS) is 12.1. The molecule has 0 fully saturated rings. The average molecular weight is 701 g/mol. The summed E-state index contributed by atoms with van der Waals surface area (Å²) >= 11 is 1.62. The minimum absolute atomic E-state index is 0.225. The Labute approximate surface area is 218 Å². The molecule has 4 aromatic rings. The van der Waals surface area contributed by atoms with Crippen LogP contribution in [0.3, 0.4) is 0 Å². The third-order valence-corrected chi connectivity index (χ3v) is 12.0. The van der Waals surface area contributed by atoms with Gasteiger partial charge in [-0.3, -0.25) is 0 Å². The first kappa shape index (κ1) is 24.4. The van der Waals surface area contributed by atoms with Gasteiger partial charge in [0, 0.05) is 0 Å². The zero-order valence-electron chi connectivity index (χ0n) is 17.4. The summed E-state index contributed by atoms with van der Waals surface area (Å²) in [6.07, 6.45) is 0. The molecule has 0 bridgehead atoms. The molecule has 170 valence electrons. The van der Waals surface area contributed by atoms with Crippen LogP contribution in [-0.2, 0) is 19.7 Å². The van der Waals surface area contributed by atoms with E-state index in [4.69, 9.17) is 0 Å². The maximum absolute atomic E-state index is 13.2. The molecular formula is C25H19I2O4S2-. The molecule has 0 saturated heterocycles. The number of hydrogen-bond acceptors (Lipinski definition) is 4. The molecule has 0 aliphatic rings. The molecule has 33 heavy (non-hydrogen) atoms. The van der Waals surface area contributed by atoms with E-state index < -0.39 is 40.9 Å². The van der Waals surface area contributed by atoms with E-state index in [0.717, 1.165) is 14.7 Å². The van der Waals surface area contributed by atoms with Crippen molar-refractivity contribution < 1.29 is 38.0 Å². The van der Waals surface area contributed by atoms with Crippen LogP contribution >= 0.6 is 22.6 Å². The van der Waals surface area contributed by atoms with Gasteiger partial charge in [-0.1, -0.05) is 0 Å². The minimum atomic E-state index is -3.63. The number of alkyl halides is 1. The Morgan fingerprint density at radius 2 is 1.12 bits per heavy atom. The third-order valence-electron chi connectivity index (χ3n) is 5.10. The van der Waals surface area contributed by atoms with Crippen molar-refractivity contribution in [3.8, 4) is 11.1 Å². The van der Waals surface area contributed by atoms with Gasteiger partial charge in [-0.15, -0.1) is 0 Å². The Balaban J connectivity index is 1.75. The van der Waals surface area contributed by atoms with E-state index in [2.05, 4.69) is 27.5 Å². The van der Waals surface area contributed by atoms with E-state index in [1.807, 2.05) is 6.07 Å². The number of hydrogen-bond donors (Lipinski definition) is 0. The Hall–Kier alpha value is -1.76. The van der Waals surface area contributed by atoms with Gasteiger partial charge in [0.05, 0.1) is 0 Å². The molecule has 0 unspecified atom stereocenters. The molecule has 0 amide bonds. The Morgan fingerprint density at radius 1 is 0.636 bits per heavy atom. The molecular weight excluding hydrogens is 682 g/mol. The van der Waals surface area contributed by atoms with Crippen LogP contribution in [0.15, 0.2) is 117 Å². The summed E-state index contributed by atoms with van der Waals surface area (Å²) < 4.78 is 53.8. The van der Waals surface area contributed by atoms with E-state index in [1.165, 1.54) is 0 Å². The molecule has 0 aliphatic carbocycles. The molecule has 4 aromatic carbocycles. The van der Waals surface area contributed by atoms with Gasteiger partial charge in [-0.05, 0) is 0 Å². The topological polar surface area (TPSA) is 68.3 Å². The Kier molecular flexibility index (Phi) is 7.27. The van der Waals surface area contributed by atoms with Crippen molar-refractivity contribution in [2.75, 3.05) is 4.93 Å². The summed E-state index contributed by atoms with van der Waals surface area (Å²) in [5.41, 5.74) is 1.80. The van der Waals surface area contributed by atoms with Crippen molar-refractivity contribution in [2.24, 2.45) is 0 Å². The molecule has 0 radical (unpaired) electrons. The van der Waals surface area contributed by atoms with Gasteiger partial charge < -0.3 is 0 Å². The predicted octanol–water partition coefficient (Wildman–Crippen LogP) is 2.51. The van der Waals surface area contributed by atoms with Crippen LogP contribution in [0, 0.1) is 7.14 Å². The first-order chi connectivity index (χ1) is 15.7. The van der Waals surface area contributed by atoms with Crippen molar-refractivity contribution in [1.82, 2.24) is 0 Å². The standard InChI is InChI=1S/C25H19I2O4S2/c1-27-24-17-25(33(30,31)20-10-6-3-7-11-20)23(26)16-22(24)18-12-14-21(15-13-18)32(28,29)19-8-4-2-5-9-19/h2-17H,1H3/q-1. The summed E-state index contributed by atoms with van der Waals surface area (Å²) in [5.74, 6) is 0. The third kappa shape index (κ3) is 4.89. The van der Waals surface area contributed by atoms with Crippen molar-refractivity contribution in [1.29, 1.82) is 0 Å². The summed E-state index contributed by atoms with van der Waals surface area (Å²) in [7, 11) is -7.22. The van der Waals surface area contributed by atoms with Crippen LogP contribution in [0.2, 0.25) is 0 Å². The van der Waals surface area contributed by atoms with Crippen molar-refractivity contribution in [3.63, 3.8) is 0 Å². The van der Waals surface area contributed by atoms with E-state index >= 15 is 0 Å². The maximum atomic E-state index is 13.2. The monoisotopic (exact) mass is 701 g/mol. The van der Waals surface area contributed by atoms with Gasteiger partial charge in [-0.25, -0.2) is 0 Å². The van der Waals surface area contributed by atoms with Gasteiger partial charge in [0.2, 0.25) is 0 Å². The quantitative estimate of drug-likeness (QED) is 0.229. The Bertz CT molecular complexity index is 1500. The van der Waals surface area contributed by atoms with E-state index in [0.29, 0.717) is 8.47 Å². The van der Waals surface area contributed by atoms with Crippen LogP contribution in [-0.4, -0.2) is 21.8 Å². The van der Waals surface area contributed by atoms with Gasteiger partial charge in [0.15, 0.2) is 0 Å². The molecule has 0 atom stereocenters. The van der Waals surface area contributed by atoms with E-state index in [9.17, 15) is 16.8 Å². The molecule has 0 aliphatic heterocycles. The zero-order valence-corrected chi connectivity index (χ0v) is 23.4. The van der Waals surface area contributed by atoms with E-state index in [-0.39, 0.29) is 14.7 Å². The fraction of sp³-hybridized carbons (Fsp3) is 0.0400. The Morgan fingerprint density at radius 3 is 1.64 bits per heavy atom. The molecule has 0 aromatic heterocycles. The zero-order chi connectivity index (χ0) is 23.6. The molecule has 4 nitrogen and oxygen atoms in total. The fourth-order valence-electron chi connectivity index (χ4n) is 3.39. The SMILES string of the molecule is C[I-]c1cc(S(=O)(=O)c2ccccc2)c(I)cc1-c1ccc(S(=O)(=O)c2ccccc2)cc1. The van der Waals surface area contributed by atoms with Crippen molar-refractivity contribution in [2.45, 2.75) is 19.6 Å². The van der Waals surface area contributed by atoms with Crippen LogP contribution in [0.25, 0.3) is 11.1 Å². The van der Waals surface area contributed by atoms with Crippen LogP contribution in [0.1, 0.15) is 0 Å². The van der Waals surface area contributed by atoms with Crippen LogP contribution in [0.5, 0.6) is 0 Å². The first-order valence-corrected chi connectivity index (χ1v) is 17.1. The van der Waals surface area contributed by atoms with Gasteiger partial charge in [0.25, 0.3) is 0 Å². The molecule has 0 spiro atoms. The second kappa shape index (κ2) is 9.85. The number of benzene rings is 4. The molecule has 0 saturated carbocycles. The van der Waals surface area contributed by atoms with Crippen molar-refractivity contribution >= 4 is 42.3 Å². The molecule has 4 rings (SSSR count). The number of rotatable bonds is 6. The fourth-order valence-corrected chi connectivity index (χ4v) is 9.25. The molecule has 0 N–H and O–H groups in total. The van der Waals surface area contributed by atoms with Crippen molar-refractivity contribution in [3.05, 3.63) is 104 Å².